The maximum absolute atomic E-state index is 12.8. The zero-order valence-corrected chi connectivity index (χ0v) is 19.1. The van der Waals surface area contributed by atoms with Crippen molar-refractivity contribution < 1.29 is 36.2 Å². The number of para-hydroxylation sites is 2. The molecule has 3 aromatic rings. The minimum atomic E-state index is -4.21. The highest BCUT2D eigenvalue weighted by molar-refractivity contribution is 7.93. The van der Waals surface area contributed by atoms with Crippen molar-refractivity contribution in [3.63, 3.8) is 0 Å². The van der Waals surface area contributed by atoms with E-state index in [2.05, 4.69) is 14.2 Å². The fraction of sp³-hybridized carbons (Fsp3) is 0.0952. The molecule has 10 nitrogen and oxygen atoms in total. The first-order chi connectivity index (χ1) is 15.6. The van der Waals surface area contributed by atoms with Gasteiger partial charge in [0, 0.05) is 0 Å². The van der Waals surface area contributed by atoms with Crippen molar-refractivity contribution in [2.75, 3.05) is 23.7 Å². The molecule has 0 unspecified atom stereocenters. The standard InChI is InChI=1S/C21H20N2O8S2/c1-30-20-6-4-3-5-17(20)22-33(28,29)16-11-12-19(24)18(13-16)23-32(26,27)15-9-7-14(8-10-15)21(25)31-2/h3-13,22-24H,1-2H3. The number of ether oxygens (including phenoxy) is 2. The van der Waals surface area contributed by atoms with Crippen LogP contribution in [-0.4, -0.2) is 42.1 Å². The van der Waals surface area contributed by atoms with E-state index < -0.39 is 31.8 Å². The Balaban J connectivity index is 1.90. The molecule has 0 amide bonds. The maximum atomic E-state index is 12.8. The molecule has 3 N–H and O–H groups in total. The van der Waals surface area contributed by atoms with Crippen LogP contribution in [0.1, 0.15) is 10.4 Å². The van der Waals surface area contributed by atoms with Gasteiger partial charge in [-0.15, -0.1) is 0 Å². The van der Waals surface area contributed by atoms with Gasteiger partial charge in [-0.1, -0.05) is 12.1 Å². The normalized spacial score (nSPS) is 11.5. The number of carbonyl (C=O) groups is 1. The molecule has 0 saturated carbocycles. The van der Waals surface area contributed by atoms with Crippen LogP contribution in [-0.2, 0) is 24.8 Å². The number of nitrogens with one attached hydrogen (secondary N) is 2. The van der Waals surface area contributed by atoms with Crippen LogP contribution < -0.4 is 14.2 Å². The Bertz CT molecular complexity index is 1390. The number of aromatic hydroxyl groups is 1. The van der Waals surface area contributed by atoms with Crippen LogP contribution in [0.15, 0.2) is 76.5 Å². The number of rotatable bonds is 8. The molecule has 0 aliphatic rings. The number of phenols is 1. The summed E-state index contributed by atoms with van der Waals surface area (Å²) in [6.07, 6.45) is 0. The number of carbonyl (C=O) groups excluding carboxylic acids is 1. The average Bonchev–Trinajstić information content (AvgIpc) is 2.80. The third kappa shape index (κ3) is 5.35. The first-order valence-electron chi connectivity index (χ1n) is 9.27. The smallest absolute Gasteiger partial charge is 0.337 e. The largest absolute Gasteiger partial charge is 0.506 e. The summed E-state index contributed by atoms with van der Waals surface area (Å²) >= 11 is 0. The van der Waals surface area contributed by atoms with E-state index in [1.807, 2.05) is 0 Å². The molecule has 0 heterocycles. The van der Waals surface area contributed by atoms with Crippen molar-refractivity contribution in [1.82, 2.24) is 0 Å². The lowest BCUT2D eigenvalue weighted by molar-refractivity contribution is 0.0600. The van der Waals surface area contributed by atoms with Gasteiger partial charge in [-0.2, -0.15) is 0 Å². The van der Waals surface area contributed by atoms with Gasteiger partial charge in [0.25, 0.3) is 20.0 Å². The van der Waals surface area contributed by atoms with Gasteiger partial charge in [0.05, 0.1) is 40.9 Å². The molecule has 0 fully saturated rings. The third-order valence-corrected chi connectivity index (χ3v) is 7.20. The SMILES string of the molecule is COC(=O)c1ccc(S(=O)(=O)Nc2cc(S(=O)(=O)Nc3ccccc3OC)ccc2O)cc1. The summed E-state index contributed by atoms with van der Waals surface area (Å²) in [6.45, 7) is 0. The highest BCUT2D eigenvalue weighted by Gasteiger charge is 2.21. The highest BCUT2D eigenvalue weighted by atomic mass is 32.2. The van der Waals surface area contributed by atoms with Crippen LogP contribution in [0.5, 0.6) is 11.5 Å². The lowest BCUT2D eigenvalue weighted by Gasteiger charge is -2.14. The molecular weight excluding hydrogens is 472 g/mol. The molecular formula is C21H20N2O8S2. The number of anilines is 2. The first kappa shape index (κ1) is 23.9. The van der Waals surface area contributed by atoms with E-state index in [0.717, 1.165) is 18.2 Å². The minimum absolute atomic E-state index is 0.148. The number of benzene rings is 3. The van der Waals surface area contributed by atoms with Crippen LogP contribution in [0.4, 0.5) is 11.4 Å². The zero-order chi connectivity index (χ0) is 24.2. The molecule has 12 heteroatoms. The molecule has 174 valence electrons. The lowest BCUT2D eigenvalue weighted by Crippen LogP contribution is -2.16. The lowest BCUT2D eigenvalue weighted by atomic mass is 10.2. The Morgan fingerprint density at radius 2 is 1.36 bits per heavy atom. The van der Waals surface area contributed by atoms with Crippen LogP contribution in [0.2, 0.25) is 0 Å². The monoisotopic (exact) mass is 492 g/mol. The second kappa shape index (κ2) is 9.38. The van der Waals surface area contributed by atoms with Gasteiger partial charge in [-0.25, -0.2) is 21.6 Å². The van der Waals surface area contributed by atoms with Crippen molar-refractivity contribution in [3.8, 4) is 11.5 Å². The van der Waals surface area contributed by atoms with Crippen molar-refractivity contribution in [2.45, 2.75) is 9.79 Å². The molecule has 3 rings (SSSR count). The minimum Gasteiger partial charge on any atom is -0.506 e. The number of hydrogen-bond acceptors (Lipinski definition) is 8. The van der Waals surface area contributed by atoms with Gasteiger partial charge in [0.2, 0.25) is 0 Å². The van der Waals surface area contributed by atoms with E-state index in [0.29, 0.717) is 0 Å². The quantitative estimate of drug-likeness (QED) is 0.321. The summed E-state index contributed by atoms with van der Waals surface area (Å²) in [5.74, 6) is -0.831. The zero-order valence-electron chi connectivity index (χ0n) is 17.5. The summed E-state index contributed by atoms with van der Waals surface area (Å²) in [4.78, 5) is 11.0. The third-order valence-electron chi connectivity index (χ3n) is 4.46. The Morgan fingerprint density at radius 3 is 2.00 bits per heavy atom. The van der Waals surface area contributed by atoms with Crippen LogP contribution >= 0.6 is 0 Å². The fourth-order valence-electron chi connectivity index (χ4n) is 2.79. The van der Waals surface area contributed by atoms with Gasteiger partial charge >= 0.3 is 5.97 Å². The van der Waals surface area contributed by atoms with Crippen molar-refractivity contribution >= 4 is 37.4 Å². The van der Waals surface area contributed by atoms with Gasteiger partial charge in [-0.3, -0.25) is 9.44 Å². The summed E-state index contributed by atoms with van der Waals surface area (Å²) in [7, 11) is -5.78. The number of hydrogen-bond donors (Lipinski definition) is 3. The van der Waals surface area contributed by atoms with Crippen molar-refractivity contribution in [1.29, 1.82) is 0 Å². The summed E-state index contributed by atoms with van der Waals surface area (Å²) in [6, 6.07) is 14.4. The predicted octanol–water partition coefficient (Wildman–Crippen LogP) is 2.79. The molecule has 33 heavy (non-hydrogen) atoms. The molecule has 0 atom stereocenters. The van der Waals surface area contributed by atoms with E-state index in [-0.39, 0.29) is 32.5 Å². The second-order valence-corrected chi connectivity index (χ2v) is 9.97. The van der Waals surface area contributed by atoms with Crippen LogP contribution in [0, 0.1) is 0 Å². The van der Waals surface area contributed by atoms with E-state index in [1.54, 1.807) is 18.2 Å². The summed E-state index contributed by atoms with van der Waals surface area (Å²) < 4.78 is 65.3. The Labute approximate surface area is 190 Å². The molecule has 0 saturated heterocycles. The van der Waals surface area contributed by atoms with Gasteiger partial charge in [-0.05, 0) is 54.6 Å². The molecule has 0 aromatic heterocycles. The number of phenolic OH excluding ortho intramolecular Hbond substituents is 1. The highest BCUT2D eigenvalue weighted by Crippen LogP contribution is 2.31. The molecule has 0 aliphatic heterocycles. The Morgan fingerprint density at radius 1 is 0.788 bits per heavy atom. The van der Waals surface area contributed by atoms with E-state index in [4.69, 9.17) is 4.74 Å². The first-order valence-corrected chi connectivity index (χ1v) is 12.2. The summed E-state index contributed by atoms with van der Waals surface area (Å²) in [5, 5.41) is 10.1. The topological polar surface area (TPSA) is 148 Å². The van der Waals surface area contributed by atoms with Crippen LogP contribution in [0.3, 0.4) is 0 Å². The fourth-order valence-corrected chi connectivity index (χ4v) is 4.95. The second-order valence-electron chi connectivity index (χ2n) is 6.61. The van der Waals surface area contributed by atoms with E-state index in [1.165, 1.54) is 44.6 Å². The van der Waals surface area contributed by atoms with Crippen molar-refractivity contribution in [3.05, 3.63) is 72.3 Å². The molecule has 0 bridgehead atoms. The van der Waals surface area contributed by atoms with E-state index >= 15 is 0 Å². The molecule has 0 aliphatic carbocycles. The van der Waals surface area contributed by atoms with Crippen LogP contribution in [0.25, 0.3) is 0 Å². The average molecular weight is 493 g/mol. The predicted molar refractivity (Wildman–Crippen MR) is 120 cm³/mol. The van der Waals surface area contributed by atoms with Gasteiger partial charge in [0.1, 0.15) is 11.5 Å². The maximum Gasteiger partial charge on any atom is 0.337 e. The molecule has 0 radical (unpaired) electrons. The van der Waals surface area contributed by atoms with E-state index in [9.17, 15) is 26.7 Å². The number of methoxy groups -OCH3 is 2. The summed E-state index contributed by atoms with van der Waals surface area (Å²) in [5.41, 5.74) is -0.0225. The van der Waals surface area contributed by atoms with Gasteiger partial charge in [0.15, 0.2) is 0 Å². The Kier molecular flexibility index (Phi) is 6.79. The molecule has 0 spiro atoms. The molecule has 3 aromatic carbocycles. The Hall–Kier alpha value is -3.77. The van der Waals surface area contributed by atoms with Crippen molar-refractivity contribution in [2.24, 2.45) is 0 Å². The van der Waals surface area contributed by atoms with Gasteiger partial charge < -0.3 is 14.6 Å². The number of sulfonamides is 2. The number of esters is 1.